The van der Waals surface area contributed by atoms with Crippen molar-refractivity contribution in [3.63, 3.8) is 0 Å². The third kappa shape index (κ3) is 6.23. The van der Waals surface area contributed by atoms with Crippen LogP contribution in [-0.2, 0) is 10.1 Å². The Balaban J connectivity index is 0.00000341. The summed E-state index contributed by atoms with van der Waals surface area (Å²) < 4.78 is 32.8. The second-order valence-electron chi connectivity index (χ2n) is 5.85. The normalized spacial score (nSPS) is 12.3. The molecule has 0 aliphatic carbocycles. The Morgan fingerprint density at radius 3 is 2.23 bits per heavy atom. The van der Waals surface area contributed by atoms with Crippen LogP contribution in [-0.4, -0.2) is 18.1 Å². The van der Waals surface area contributed by atoms with E-state index >= 15 is 0 Å². The Kier molecular flexibility index (Phi) is 8.12. The van der Waals surface area contributed by atoms with Crippen LogP contribution in [0.3, 0.4) is 0 Å². The number of hydrogen-bond donors (Lipinski definition) is 3. The van der Waals surface area contributed by atoms with Crippen molar-refractivity contribution in [2.24, 2.45) is 10.2 Å². The molecule has 0 saturated heterocycles. The summed E-state index contributed by atoms with van der Waals surface area (Å²) in [6.45, 7) is 0. The van der Waals surface area contributed by atoms with Crippen molar-refractivity contribution in [3.8, 4) is 5.75 Å². The monoisotopic (exact) mass is 470 g/mol. The summed E-state index contributed by atoms with van der Waals surface area (Å²) in [5.74, 6) is -0.186. The molecule has 154 valence electrons. The van der Waals surface area contributed by atoms with E-state index in [2.05, 4.69) is 21.1 Å². The van der Waals surface area contributed by atoms with E-state index in [1.54, 1.807) is 0 Å². The van der Waals surface area contributed by atoms with E-state index in [-0.39, 0.29) is 52.0 Å². The van der Waals surface area contributed by atoms with Crippen LogP contribution in [0.1, 0.15) is 0 Å². The van der Waals surface area contributed by atoms with E-state index in [0.717, 1.165) is 18.2 Å². The van der Waals surface area contributed by atoms with E-state index in [0.29, 0.717) is 5.02 Å². The first-order chi connectivity index (χ1) is 14.1. The van der Waals surface area contributed by atoms with E-state index < -0.39 is 31.2 Å². The van der Waals surface area contributed by atoms with Gasteiger partial charge in [-0.1, -0.05) is 11.6 Å². The van der Waals surface area contributed by atoms with Crippen LogP contribution in [0.5, 0.6) is 5.75 Å². The van der Waals surface area contributed by atoms with Crippen LogP contribution in [0.25, 0.3) is 0 Å². The molecule has 0 aliphatic heterocycles. The zero-order valence-corrected chi connectivity index (χ0v) is 19.4. The molecule has 3 aromatic rings. The second-order valence-corrected chi connectivity index (χ2v) is 7.66. The fourth-order valence-corrected chi connectivity index (χ4v) is 2.91. The average Bonchev–Trinajstić information content (AvgIpc) is 2.68. The molecular formula is C18H12ClN4NaO6S. The van der Waals surface area contributed by atoms with Gasteiger partial charge in [-0.05, 0) is 48.5 Å². The van der Waals surface area contributed by atoms with E-state index in [4.69, 9.17) is 11.6 Å². The summed E-state index contributed by atoms with van der Waals surface area (Å²) in [5, 5.41) is 17.1. The first-order valence-electron chi connectivity index (χ1n) is 8.14. The summed E-state index contributed by atoms with van der Waals surface area (Å²) in [7, 11) is -4.59. The molecule has 0 aliphatic rings. The Bertz CT molecular complexity index is 1440. The largest absolute Gasteiger partial charge is 1.00 e. The van der Waals surface area contributed by atoms with Gasteiger partial charge in [-0.3, -0.25) is 20.4 Å². The summed E-state index contributed by atoms with van der Waals surface area (Å²) >= 11 is 5.75. The van der Waals surface area contributed by atoms with Crippen LogP contribution in [0.15, 0.2) is 79.3 Å². The number of hydrogen-bond acceptors (Lipinski definition) is 10. The third-order valence-electron chi connectivity index (χ3n) is 3.77. The van der Waals surface area contributed by atoms with E-state index in [1.165, 1.54) is 36.4 Å². The third-order valence-corrected chi connectivity index (χ3v) is 4.85. The number of phenols is 1. The topological polar surface area (TPSA) is 160 Å². The molecule has 0 radical (unpaired) electrons. The van der Waals surface area contributed by atoms with Crippen molar-refractivity contribution < 1.29 is 47.6 Å². The Morgan fingerprint density at radius 1 is 0.935 bits per heavy atom. The van der Waals surface area contributed by atoms with Crippen LogP contribution >= 0.6 is 11.6 Å². The maximum Gasteiger partial charge on any atom is 1.00 e. The summed E-state index contributed by atoms with van der Waals surface area (Å²) in [6, 6.07) is 11.2. The fourth-order valence-electron chi connectivity index (χ4n) is 2.27. The molecule has 13 heteroatoms. The van der Waals surface area contributed by atoms with Gasteiger partial charge in [0.15, 0.2) is 5.36 Å². The van der Waals surface area contributed by atoms with Gasteiger partial charge in [-0.15, -0.1) is 0 Å². The van der Waals surface area contributed by atoms with Gasteiger partial charge in [0, 0.05) is 11.1 Å². The number of nitrogens with one attached hydrogen (secondary N) is 2. The minimum Gasteiger partial charge on any atom is -0.744 e. The van der Waals surface area contributed by atoms with Crippen molar-refractivity contribution in [3.05, 3.63) is 90.8 Å². The predicted octanol–water partition coefficient (Wildman–Crippen LogP) is -2.59. The zero-order chi connectivity index (χ0) is 21.9. The molecule has 3 aromatic carbocycles. The maximum atomic E-state index is 12.5. The molecule has 0 saturated carbocycles. The molecule has 0 unspecified atom stereocenters. The van der Waals surface area contributed by atoms with Crippen molar-refractivity contribution in [2.75, 3.05) is 10.9 Å². The van der Waals surface area contributed by atoms with Crippen molar-refractivity contribution >= 4 is 33.1 Å². The van der Waals surface area contributed by atoms with Gasteiger partial charge in [-0.25, -0.2) is 8.42 Å². The van der Waals surface area contributed by atoms with Crippen molar-refractivity contribution in [1.29, 1.82) is 0 Å². The molecule has 10 nitrogen and oxygen atoms in total. The summed E-state index contributed by atoms with van der Waals surface area (Å²) in [6.07, 6.45) is 0. The van der Waals surface area contributed by atoms with Gasteiger partial charge in [-0.2, -0.15) is 10.2 Å². The smallest absolute Gasteiger partial charge is 0.744 e. The molecular weight excluding hydrogens is 459 g/mol. The average molecular weight is 471 g/mol. The summed E-state index contributed by atoms with van der Waals surface area (Å²) in [5.41, 5.74) is 3.94. The van der Waals surface area contributed by atoms with Gasteiger partial charge in [0.05, 0.1) is 16.3 Å². The van der Waals surface area contributed by atoms with Gasteiger partial charge in [0.25, 0.3) is 0 Å². The first-order valence-corrected chi connectivity index (χ1v) is 9.93. The molecule has 0 heterocycles. The number of benzene rings is 3. The van der Waals surface area contributed by atoms with Crippen molar-refractivity contribution in [1.82, 2.24) is 0 Å². The zero-order valence-electron chi connectivity index (χ0n) is 15.9. The molecule has 31 heavy (non-hydrogen) atoms. The van der Waals surface area contributed by atoms with Gasteiger partial charge in [0.2, 0.25) is 10.9 Å². The number of halogens is 1. The molecule has 0 aromatic heterocycles. The molecule has 0 atom stereocenters. The number of nitrogens with zero attached hydrogens (tertiary/aromatic N) is 2. The van der Waals surface area contributed by atoms with E-state index in [9.17, 15) is 27.7 Å². The van der Waals surface area contributed by atoms with Gasteiger partial charge >= 0.3 is 29.6 Å². The molecule has 3 N–H and O–H groups in total. The number of phenolic OH excluding ortho intramolecular Hbond substituents is 1. The number of rotatable bonds is 5. The first kappa shape index (κ1) is 24.7. The summed E-state index contributed by atoms with van der Waals surface area (Å²) in [4.78, 5) is 24.0. The molecule has 0 bridgehead atoms. The van der Waals surface area contributed by atoms with Gasteiger partial charge < -0.3 is 9.66 Å². The van der Waals surface area contributed by atoms with E-state index in [1.807, 2.05) is 0 Å². The SMILES string of the molecule is O=c1ccc(=NNc2ccc(Cl)cc2O)c(=O)c1=NNc1ccc(S(=O)(=O)[O-])cc1.[Na+]. The van der Waals surface area contributed by atoms with Crippen molar-refractivity contribution in [2.45, 2.75) is 4.90 Å². The number of aromatic hydroxyl groups is 1. The van der Waals surface area contributed by atoms with Crippen LogP contribution in [0.2, 0.25) is 5.02 Å². The van der Waals surface area contributed by atoms with Crippen LogP contribution in [0, 0.1) is 0 Å². The quantitative estimate of drug-likeness (QED) is 0.158. The fraction of sp³-hybridized carbons (Fsp3) is 0. The minimum atomic E-state index is -4.59. The van der Waals surface area contributed by atoms with Crippen LogP contribution < -0.4 is 62.0 Å². The standard InChI is InChI=1S/C18H13ClN4O6S.Na/c19-10-1-6-13(16(25)9-10)21-22-14-7-8-15(24)17(18(14)26)23-20-11-2-4-12(5-3-11)30(27,28)29;/h1-9,20-21,25H,(H,27,28,29);/q;+1/p-1. The molecule has 0 amide bonds. The van der Waals surface area contributed by atoms with Gasteiger partial charge in [0.1, 0.15) is 21.2 Å². The predicted molar refractivity (Wildman–Crippen MR) is 107 cm³/mol. The van der Waals surface area contributed by atoms with Crippen LogP contribution in [0.4, 0.5) is 11.4 Å². The second kappa shape index (κ2) is 10.2. The Morgan fingerprint density at radius 2 is 1.61 bits per heavy atom. The molecule has 0 spiro atoms. The molecule has 0 fully saturated rings. The Hall–Kier alpha value is -2.54. The Labute approximate surface area is 202 Å². The maximum absolute atomic E-state index is 12.5. The molecule has 3 rings (SSSR count). The number of anilines is 2. The minimum absolute atomic E-state index is 0.